The van der Waals surface area contributed by atoms with E-state index >= 15 is 0 Å². The topological polar surface area (TPSA) is 114 Å². The average molecular weight is 301 g/mol. The maximum atomic E-state index is 10.4. The van der Waals surface area contributed by atoms with Gasteiger partial charge in [0.1, 0.15) is 29.3 Å². The van der Waals surface area contributed by atoms with Gasteiger partial charge in [-0.3, -0.25) is 0 Å². The summed E-state index contributed by atoms with van der Waals surface area (Å²) in [5.41, 5.74) is -1.25. The molecule has 2 aromatic heterocycles. The molecule has 2 aromatic rings. The second-order valence-corrected chi connectivity index (χ2v) is 5.23. The predicted octanol–water partition coefficient (Wildman–Crippen LogP) is -0.519. The smallest absolute Gasteiger partial charge is 0.183 e. The molecule has 0 spiro atoms. The van der Waals surface area contributed by atoms with Crippen molar-refractivity contribution in [3.8, 4) is 0 Å². The Bertz CT molecular complexity index is 646. The first-order chi connectivity index (χ1) is 9.46. The van der Waals surface area contributed by atoms with Crippen LogP contribution < -0.4 is 0 Å². The molecule has 0 aromatic carbocycles. The Morgan fingerprint density at radius 3 is 2.90 bits per heavy atom. The van der Waals surface area contributed by atoms with Crippen LogP contribution in [0.15, 0.2) is 12.5 Å². The minimum atomic E-state index is -1.62. The Morgan fingerprint density at radius 1 is 1.50 bits per heavy atom. The number of ether oxygens (including phenoxy) is 1. The predicted molar refractivity (Wildman–Crippen MR) is 68.0 cm³/mol. The van der Waals surface area contributed by atoms with Crippen molar-refractivity contribution >= 4 is 22.6 Å². The highest BCUT2D eigenvalue weighted by Gasteiger charge is 2.53. The van der Waals surface area contributed by atoms with Crippen LogP contribution >= 0.6 is 11.6 Å². The van der Waals surface area contributed by atoms with Crippen molar-refractivity contribution in [2.24, 2.45) is 0 Å². The second-order valence-electron chi connectivity index (χ2n) is 4.87. The number of aliphatic hydroxyl groups is 3. The number of aliphatic hydroxyl groups excluding tert-OH is 2. The van der Waals surface area contributed by atoms with Gasteiger partial charge in [-0.1, -0.05) is 11.6 Å². The third kappa shape index (κ3) is 1.80. The summed E-state index contributed by atoms with van der Waals surface area (Å²) in [5, 5.41) is 34.4. The van der Waals surface area contributed by atoms with Crippen LogP contribution in [0.4, 0.5) is 0 Å². The molecule has 108 valence electrons. The maximum absolute atomic E-state index is 10.4. The van der Waals surface area contributed by atoms with E-state index in [-0.39, 0.29) is 5.15 Å². The quantitative estimate of drug-likeness (QED) is 0.640. The van der Waals surface area contributed by atoms with E-state index < -0.39 is 30.6 Å². The highest BCUT2D eigenvalue weighted by atomic mass is 35.5. The maximum Gasteiger partial charge on any atom is 0.183 e. The molecule has 3 rings (SSSR count). The van der Waals surface area contributed by atoms with Crippen molar-refractivity contribution in [3.63, 3.8) is 0 Å². The van der Waals surface area contributed by atoms with Gasteiger partial charge in [0, 0.05) is 0 Å². The van der Waals surface area contributed by atoms with Crippen LogP contribution in [0.25, 0.3) is 11.0 Å². The van der Waals surface area contributed by atoms with E-state index in [9.17, 15) is 10.2 Å². The van der Waals surface area contributed by atoms with Gasteiger partial charge in [0.05, 0.1) is 18.2 Å². The Morgan fingerprint density at radius 2 is 2.25 bits per heavy atom. The lowest BCUT2D eigenvalue weighted by Crippen LogP contribution is -2.44. The summed E-state index contributed by atoms with van der Waals surface area (Å²) >= 11 is 5.94. The van der Waals surface area contributed by atoms with E-state index in [2.05, 4.69) is 15.1 Å². The van der Waals surface area contributed by atoms with Crippen LogP contribution in [0.2, 0.25) is 5.15 Å². The monoisotopic (exact) mass is 300 g/mol. The lowest BCUT2D eigenvalue weighted by atomic mass is 9.97. The zero-order valence-electron chi connectivity index (χ0n) is 10.5. The highest BCUT2D eigenvalue weighted by Crippen LogP contribution is 2.39. The number of aromatic nitrogens is 4. The van der Waals surface area contributed by atoms with Gasteiger partial charge in [-0.2, -0.15) is 5.10 Å². The van der Waals surface area contributed by atoms with Crippen LogP contribution in [0.1, 0.15) is 13.2 Å². The zero-order valence-corrected chi connectivity index (χ0v) is 11.3. The van der Waals surface area contributed by atoms with Crippen molar-refractivity contribution in [3.05, 3.63) is 17.7 Å². The van der Waals surface area contributed by atoms with E-state index in [4.69, 9.17) is 21.4 Å². The first kappa shape index (κ1) is 13.7. The summed E-state index contributed by atoms with van der Waals surface area (Å²) in [6.07, 6.45) is -0.402. The fourth-order valence-corrected chi connectivity index (χ4v) is 2.53. The molecule has 1 fully saturated rings. The van der Waals surface area contributed by atoms with Gasteiger partial charge < -0.3 is 20.1 Å². The van der Waals surface area contributed by atoms with Crippen molar-refractivity contribution < 1.29 is 20.1 Å². The highest BCUT2D eigenvalue weighted by molar-refractivity contribution is 6.33. The molecule has 1 aliphatic heterocycles. The fraction of sp³-hybridized carbons (Fsp3) is 0.545. The largest absolute Gasteiger partial charge is 0.394 e. The first-order valence-electron chi connectivity index (χ1n) is 5.97. The molecular weight excluding hydrogens is 288 g/mol. The molecule has 3 heterocycles. The molecule has 1 aliphatic rings. The van der Waals surface area contributed by atoms with Gasteiger partial charge in [0.25, 0.3) is 0 Å². The third-order valence-electron chi connectivity index (χ3n) is 3.50. The molecule has 3 N–H and O–H groups in total. The summed E-state index contributed by atoms with van der Waals surface area (Å²) in [6.45, 7) is 0.997. The lowest BCUT2D eigenvalue weighted by Gasteiger charge is -2.26. The molecule has 8 nitrogen and oxygen atoms in total. The van der Waals surface area contributed by atoms with Crippen molar-refractivity contribution in [1.29, 1.82) is 0 Å². The van der Waals surface area contributed by atoms with Crippen LogP contribution in [0.3, 0.4) is 0 Å². The third-order valence-corrected chi connectivity index (χ3v) is 3.80. The van der Waals surface area contributed by atoms with Crippen molar-refractivity contribution in [2.45, 2.75) is 31.0 Å². The molecule has 0 saturated carbocycles. The van der Waals surface area contributed by atoms with Crippen LogP contribution in [0.5, 0.6) is 0 Å². The molecule has 1 unspecified atom stereocenters. The number of nitrogens with zero attached hydrogens (tertiary/aromatic N) is 4. The lowest BCUT2D eigenvalue weighted by molar-refractivity contribution is -0.100. The Kier molecular flexibility index (Phi) is 3.14. The number of rotatable bonds is 2. The molecule has 9 heteroatoms. The summed E-state index contributed by atoms with van der Waals surface area (Å²) < 4.78 is 6.80. The van der Waals surface area contributed by atoms with Crippen LogP contribution in [0, 0.1) is 0 Å². The minimum Gasteiger partial charge on any atom is -0.394 e. The molecule has 0 bridgehead atoms. The van der Waals surface area contributed by atoms with E-state index in [1.165, 1.54) is 24.1 Å². The summed E-state index contributed by atoms with van der Waals surface area (Å²) in [5.74, 6) is 0. The van der Waals surface area contributed by atoms with E-state index in [0.29, 0.717) is 11.0 Å². The molecule has 4 atom stereocenters. The average Bonchev–Trinajstić information content (AvgIpc) is 2.92. The molecule has 1 saturated heterocycles. The summed E-state index contributed by atoms with van der Waals surface area (Å²) in [7, 11) is 0. The second kappa shape index (κ2) is 4.61. The normalized spacial score (nSPS) is 34.0. The molecular formula is C11H13ClN4O4. The van der Waals surface area contributed by atoms with Gasteiger partial charge in [0.15, 0.2) is 11.9 Å². The van der Waals surface area contributed by atoms with E-state index in [0.717, 1.165) is 0 Å². The van der Waals surface area contributed by atoms with Crippen molar-refractivity contribution in [1.82, 2.24) is 19.7 Å². The standard InChI is InChI=1S/C11H13ClN4O4/c1-11(19)7(18)6(3-17)20-10(11)16-9-5(2-15-16)8(12)13-4-14-9/h2,4,6-7,10,17-19H,3H2,1H3/t6-,7-,10+,11?/m1/s1. The van der Waals surface area contributed by atoms with Gasteiger partial charge in [-0.05, 0) is 6.92 Å². The molecule has 0 radical (unpaired) electrons. The van der Waals surface area contributed by atoms with Gasteiger partial charge in [0.2, 0.25) is 0 Å². The SMILES string of the molecule is CC1(O)[C@H](O)[C@@H](CO)O[C@@H]1n1ncc2c(Cl)ncnc21. The van der Waals surface area contributed by atoms with Crippen LogP contribution in [-0.4, -0.2) is 59.5 Å². The first-order valence-corrected chi connectivity index (χ1v) is 6.35. The number of hydrogen-bond donors (Lipinski definition) is 3. The van der Waals surface area contributed by atoms with Gasteiger partial charge >= 0.3 is 0 Å². The molecule has 0 amide bonds. The number of halogens is 1. The van der Waals surface area contributed by atoms with E-state index in [1.54, 1.807) is 0 Å². The minimum absolute atomic E-state index is 0.234. The number of hydrogen-bond acceptors (Lipinski definition) is 7. The Hall–Kier alpha value is -1.32. The Balaban J connectivity index is 2.10. The summed E-state index contributed by atoms with van der Waals surface area (Å²) in [6, 6.07) is 0. The van der Waals surface area contributed by atoms with Crippen LogP contribution in [-0.2, 0) is 4.74 Å². The molecule has 20 heavy (non-hydrogen) atoms. The van der Waals surface area contributed by atoms with Crippen molar-refractivity contribution in [2.75, 3.05) is 6.61 Å². The molecule has 0 aliphatic carbocycles. The Labute approximate surface area is 118 Å². The number of fused-ring (bicyclic) bond motifs is 1. The van der Waals surface area contributed by atoms with Gasteiger partial charge in [-0.25, -0.2) is 14.6 Å². The zero-order chi connectivity index (χ0) is 14.5. The summed E-state index contributed by atoms with van der Waals surface area (Å²) in [4.78, 5) is 7.90. The van der Waals surface area contributed by atoms with E-state index in [1.807, 2.05) is 0 Å². The fourth-order valence-electron chi connectivity index (χ4n) is 2.35. The van der Waals surface area contributed by atoms with Gasteiger partial charge in [-0.15, -0.1) is 0 Å².